The largest absolute Gasteiger partial charge is 0.756 e. The second-order valence-corrected chi connectivity index (χ2v) is 30.2. The van der Waals surface area contributed by atoms with E-state index in [1.54, 1.807) is 6.08 Å². The highest BCUT2D eigenvalue weighted by Crippen LogP contribution is 2.38. The number of rotatable bonds is 75. The van der Waals surface area contributed by atoms with Crippen LogP contribution in [0.5, 0.6) is 0 Å². The summed E-state index contributed by atoms with van der Waals surface area (Å²) in [6, 6.07) is -0.903. The van der Waals surface area contributed by atoms with Crippen LogP contribution in [0.15, 0.2) is 24.3 Å². The maximum absolute atomic E-state index is 13.1. The Morgan fingerprint density at radius 3 is 0.920 bits per heavy atom. The molecule has 1 amide bonds. The van der Waals surface area contributed by atoms with Crippen molar-refractivity contribution in [1.29, 1.82) is 0 Å². The van der Waals surface area contributed by atoms with E-state index < -0.39 is 20.0 Å². The van der Waals surface area contributed by atoms with E-state index in [9.17, 15) is 19.4 Å². The summed E-state index contributed by atoms with van der Waals surface area (Å²) in [4.78, 5) is 25.7. The third-order valence-electron chi connectivity index (χ3n) is 18.7. The van der Waals surface area contributed by atoms with Crippen LogP contribution in [0, 0.1) is 0 Å². The third-order valence-corrected chi connectivity index (χ3v) is 19.6. The lowest BCUT2D eigenvalue weighted by molar-refractivity contribution is -0.870. The van der Waals surface area contributed by atoms with Crippen molar-refractivity contribution in [3.05, 3.63) is 24.3 Å². The third kappa shape index (κ3) is 72.4. The number of allylic oxidation sites excluding steroid dienone is 3. The SMILES string of the molecule is CCCCCCCCCCCCCCCCCCCCCCCCCCC/C=C/CC/C=C/C(O)C(COP(=O)([O-])OCC[N+](C)(C)C)NC(=O)CCCCCCCCCCCCCCCCCCCCCCCCCCCCCCCCCCCCC. The number of nitrogens with zero attached hydrogens (tertiary/aromatic N) is 1. The summed E-state index contributed by atoms with van der Waals surface area (Å²) in [5, 5.41) is 14.0. The van der Waals surface area contributed by atoms with Crippen molar-refractivity contribution in [2.45, 2.75) is 437 Å². The monoisotopic (exact) mass is 1260 g/mol. The highest BCUT2D eigenvalue weighted by Gasteiger charge is 2.23. The van der Waals surface area contributed by atoms with Gasteiger partial charge >= 0.3 is 0 Å². The standard InChI is InChI=1S/C79H157N2O6P/c1-6-8-10-12-14-16-18-20-22-24-26-28-30-32-34-36-38-39-40-41-43-45-47-49-51-53-55-57-59-61-63-65-67-69-71-73-79(83)80-77(76-87-88(84,85)86-75-74-81(3,4)5)78(82)72-70-68-66-64-62-60-58-56-54-52-50-48-46-44-42-37-35-33-31-29-27-25-23-21-19-17-15-13-11-9-7-2/h62,64,70,72,77-78,82H,6-61,63,65-69,71,73-76H2,1-5H3,(H-,80,83,84,85)/b64-62+,72-70+. The maximum atomic E-state index is 13.1. The van der Waals surface area contributed by atoms with Gasteiger partial charge in [-0.2, -0.15) is 0 Å². The van der Waals surface area contributed by atoms with Crippen LogP contribution in [-0.4, -0.2) is 68.5 Å². The molecule has 0 aromatic heterocycles. The molecule has 0 spiro atoms. The molecule has 0 radical (unpaired) electrons. The van der Waals surface area contributed by atoms with Gasteiger partial charge in [-0.25, -0.2) is 0 Å². The number of phosphoric ester groups is 1. The number of aliphatic hydroxyl groups is 1. The average molecular weight is 1260 g/mol. The maximum Gasteiger partial charge on any atom is 0.268 e. The normalized spacial score (nSPS) is 13.6. The molecule has 2 N–H and O–H groups in total. The van der Waals surface area contributed by atoms with Gasteiger partial charge in [-0.05, 0) is 32.1 Å². The Labute approximate surface area is 551 Å². The molecule has 0 aromatic carbocycles. The quantitative estimate of drug-likeness (QED) is 0.0272. The van der Waals surface area contributed by atoms with Crippen molar-refractivity contribution in [2.75, 3.05) is 40.9 Å². The molecule has 8 nitrogen and oxygen atoms in total. The summed E-state index contributed by atoms with van der Waals surface area (Å²) in [5.41, 5.74) is 0. The zero-order chi connectivity index (χ0) is 64.1. The molecule has 0 saturated heterocycles. The lowest BCUT2D eigenvalue weighted by Crippen LogP contribution is -2.45. The first kappa shape index (κ1) is 87.0. The minimum atomic E-state index is -4.61. The second-order valence-electron chi connectivity index (χ2n) is 28.8. The number of likely N-dealkylation sites (N-methyl/N-ethyl adjacent to an activating group) is 1. The van der Waals surface area contributed by atoms with E-state index in [-0.39, 0.29) is 19.1 Å². The summed E-state index contributed by atoms with van der Waals surface area (Å²) in [6.45, 7) is 4.71. The van der Waals surface area contributed by atoms with E-state index in [1.807, 2.05) is 27.2 Å². The molecule has 0 heterocycles. The van der Waals surface area contributed by atoms with Crippen molar-refractivity contribution < 1.29 is 32.9 Å². The molecule has 3 unspecified atom stereocenters. The summed E-state index contributed by atoms with van der Waals surface area (Å²) in [7, 11) is 1.27. The molecule has 0 aliphatic heterocycles. The number of phosphoric acid groups is 1. The zero-order valence-electron chi connectivity index (χ0n) is 60.2. The predicted molar refractivity (Wildman–Crippen MR) is 385 cm³/mol. The van der Waals surface area contributed by atoms with Crippen LogP contribution >= 0.6 is 7.82 Å². The Bertz CT molecular complexity index is 1480. The van der Waals surface area contributed by atoms with Gasteiger partial charge in [0.15, 0.2) is 0 Å². The Kier molecular flexibility index (Phi) is 69.5. The summed E-state index contributed by atoms with van der Waals surface area (Å²) >= 11 is 0. The number of hydrogen-bond donors (Lipinski definition) is 2. The number of unbranched alkanes of at least 4 members (excludes halogenated alkanes) is 60. The van der Waals surface area contributed by atoms with Gasteiger partial charge in [0.1, 0.15) is 13.2 Å². The molecule has 0 saturated carbocycles. The molecule has 524 valence electrons. The molecule has 0 rings (SSSR count). The Morgan fingerprint density at radius 1 is 0.386 bits per heavy atom. The number of aliphatic hydroxyl groups excluding tert-OH is 1. The van der Waals surface area contributed by atoms with Crippen molar-refractivity contribution in [2.24, 2.45) is 0 Å². The zero-order valence-corrected chi connectivity index (χ0v) is 61.1. The number of hydrogen-bond acceptors (Lipinski definition) is 6. The molecule has 88 heavy (non-hydrogen) atoms. The van der Waals surface area contributed by atoms with Gasteiger partial charge < -0.3 is 28.8 Å². The Balaban J connectivity index is 3.97. The van der Waals surface area contributed by atoms with E-state index in [0.29, 0.717) is 17.4 Å². The summed E-state index contributed by atoms with van der Waals surface area (Å²) in [6.07, 6.45) is 93.6. The minimum Gasteiger partial charge on any atom is -0.756 e. The first-order valence-electron chi connectivity index (χ1n) is 39.7. The minimum absolute atomic E-state index is 0.00326. The highest BCUT2D eigenvalue weighted by molar-refractivity contribution is 7.45. The van der Waals surface area contributed by atoms with Crippen LogP contribution in [0.1, 0.15) is 425 Å². The van der Waals surface area contributed by atoms with Crippen molar-refractivity contribution in [3.8, 4) is 0 Å². The summed E-state index contributed by atoms with van der Waals surface area (Å²) < 4.78 is 23.5. The molecular formula is C79H157N2O6P. The molecule has 0 fully saturated rings. The van der Waals surface area contributed by atoms with E-state index in [2.05, 4.69) is 31.3 Å². The van der Waals surface area contributed by atoms with Gasteiger partial charge in [-0.3, -0.25) is 9.36 Å². The molecule has 9 heteroatoms. The van der Waals surface area contributed by atoms with Gasteiger partial charge in [0.05, 0.1) is 39.9 Å². The molecule has 0 aromatic rings. The average Bonchev–Trinajstić information content (AvgIpc) is 3.65. The molecule has 0 aliphatic rings. The van der Waals surface area contributed by atoms with E-state index in [0.717, 1.165) is 38.5 Å². The van der Waals surface area contributed by atoms with Gasteiger partial charge in [-0.1, -0.05) is 411 Å². The molecule has 0 bridgehead atoms. The van der Waals surface area contributed by atoms with Gasteiger partial charge in [-0.15, -0.1) is 0 Å². The number of nitrogens with one attached hydrogen (secondary N) is 1. The molecular weight excluding hydrogens is 1100 g/mol. The van der Waals surface area contributed by atoms with Crippen LogP contribution in [-0.2, 0) is 18.4 Å². The smallest absolute Gasteiger partial charge is 0.268 e. The molecule has 3 atom stereocenters. The summed E-state index contributed by atoms with van der Waals surface area (Å²) in [5.74, 6) is -0.197. The van der Waals surface area contributed by atoms with Crippen LogP contribution in [0.2, 0.25) is 0 Å². The van der Waals surface area contributed by atoms with E-state index in [1.165, 1.54) is 366 Å². The number of carbonyl (C=O) groups excluding carboxylic acids is 1. The van der Waals surface area contributed by atoms with Crippen LogP contribution in [0.25, 0.3) is 0 Å². The molecule has 0 aliphatic carbocycles. The van der Waals surface area contributed by atoms with Gasteiger partial charge in [0.2, 0.25) is 5.91 Å². The Morgan fingerprint density at radius 2 is 0.636 bits per heavy atom. The fourth-order valence-electron chi connectivity index (χ4n) is 12.5. The van der Waals surface area contributed by atoms with Crippen LogP contribution in [0.4, 0.5) is 0 Å². The van der Waals surface area contributed by atoms with Crippen molar-refractivity contribution >= 4 is 13.7 Å². The second kappa shape index (κ2) is 70.3. The topological polar surface area (TPSA) is 108 Å². The predicted octanol–water partition coefficient (Wildman–Crippen LogP) is 25.2. The number of quaternary nitrogens is 1. The van der Waals surface area contributed by atoms with Gasteiger partial charge in [0.25, 0.3) is 7.82 Å². The number of carbonyl (C=O) groups is 1. The lowest BCUT2D eigenvalue weighted by atomic mass is 10.0. The van der Waals surface area contributed by atoms with E-state index >= 15 is 0 Å². The fraction of sp³-hybridized carbons (Fsp3) is 0.937. The first-order valence-corrected chi connectivity index (χ1v) is 41.2. The lowest BCUT2D eigenvalue weighted by Gasteiger charge is -2.29. The fourth-order valence-corrected chi connectivity index (χ4v) is 13.3. The van der Waals surface area contributed by atoms with Crippen LogP contribution < -0.4 is 10.2 Å². The highest BCUT2D eigenvalue weighted by atomic mass is 31.2. The van der Waals surface area contributed by atoms with Crippen LogP contribution in [0.3, 0.4) is 0 Å². The number of amides is 1. The van der Waals surface area contributed by atoms with Crippen molar-refractivity contribution in [3.63, 3.8) is 0 Å². The van der Waals surface area contributed by atoms with Crippen molar-refractivity contribution in [1.82, 2.24) is 5.32 Å². The first-order chi connectivity index (χ1) is 43.0. The van der Waals surface area contributed by atoms with Gasteiger partial charge in [0, 0.05) is 6.42 Å². The Hall–Kier alpha value is -1.02. The van der Waals surface area contributed by atoms with E-state index in [4.69, 9.17) is 9.05 Å².